The third-order valence-corrected chi connectivity index (χ3v) is 5.41. The predicted molar refractivity (Wildman–Crippen MR) is 97.2 cm³/mol. The Hall–Kier alpha value is -2.34. The van der Waals surface area contributed by atoms with Crippen LogP contribution in [-0.2, 0) is 13.0 Å². The Balaban J connectivity index is 1.60. The van der Waals surface area contributed by atoms with Gasteiger partial charge in [0.2, 0.25) is 0 Å². The zero-order valence-corrected chi connectivity index (χ0v) is 15.2. The SMILES string of the molecule is CCn1nc(C)cc1C(=O)N[C@@H](c1ccc2c(c1)CCO2)C1CC(O)C1. The number of carbonyl (C=O) groups is 1. The normalized spacial score (nSPS) is 22.3. The molecule has 0 radical (unpaired) electrons. The Morgan fingerprint density at radius 1 is 1.42 bits per heavy atom. The third kappa shape index (κ3) is 3.09. The molecule has 1 atom stereocenters. The number of rotatable bonds is 5. The van der Waals surface area contributed by atoms with E-state index in [1.54, 1.807) is 4.68 Å². The summed E-state index contributed by atoms with van der Waals surface area (Å²) in [6, 6.07) is 7.87. The van der Waals surface area contributed by atoms with Crippen LogP contribution in [0, 0.1) is 12.8 Å². The first kappa shape index (κ1) is 17.1. The van der Waals surface area contributed by atoms with Crippen molar-refractivity contribution in [1.29, 1.82) is 0 Å². The lowest BCUT2D eigenvalue weighted by atomic mass is 9.74. The van der Waals surface area contributed by atoms with E-state index in [2.05, 4.69) is 16.5 Å². The van der Waals surface area contributed by atoms with Crippen molar-refractivity contribution >= 4 is 5.91 Å². The number of hydrogen-bond acceptors (Lipinski definition) is 4. The van der Waals surface area contributed by atoms with Gasteiger partial charge in [-0.05, 0) is 61.9 Å². The van der Waals surface area contributed by atoms with Gasteiger partial charge in [0, 0.05) is 13.0 Å². The maximum atomic E-state index is 12.9. The number of benzene rings is 1. The molecule has 138 valence electrons. The Labute approximate surface area is 153 Å². The molecule has 1 aromatic carbocycles. The molecule has 0 saturated heterocycles. The average Bonchev–Trinajstić information content (AvgIpc) is 3.22. The molecule has 1 aliphatic carbocycles. The zero-order chi connectivity index (χ0) is 18.3. The van der Waals surface area contributed by atoms with Crippen LogP contribution in [0.3, 0.4) is 0 Å². The van der Waals surface area contributed by atoms with Gasteiger partial charge in [0.05, 0.1) is 24.4 Å². The fourth-order valence-corrected chi connectivity index (χ4v) is 3.96. The summed E-state index contributed by atoms with van der Waals surface area (Å²) in [7, 11) is 0. The van der Waals surface area contributed by atoms with Gasteiger partial charge in [-0.2, -0.15) is 5.10 Å². The molecule has 2 aromatic rings. The number of aryl methyl sites for hydroxylation is 2. The second-order valence-electron chi connectivity index (χ2n) is 7.29. The number of nitrogens with zero attached hydrogens (tertiary/aromatic N) is 2. The fraction of sp³-hybridized carbons (Fsp3) is 0.500. The highest BCUT2D eigenvalue weighted by atomic mass is 16.5. The van der Waals surface area contributed by atoms with E-state index in [9.17, 15) is 9.90 Å². The van der Waals surface area contributed by atoms with Gasteiger partial charge in [-0.1, -0.05) is 6.07 Å². The van der Waals surface area contributed by atoms with Crippen LogP contribution in [0.5, 0.6) is 5.75 Å². The van der Waals surface area contributed by atoms with Crippen LogP contribution in [0.15, 0.2) is 24.3 Å². The lowest BCUT2D eigenvalue weighted by molar-refractivity contribution is 0.0234. The van der Waals surface area contributed by atoms with Crippen LogP contribution >= 0.6 is 0 Å². The number of nitrogens with one attached hydrogen (secondary N) is 1. The van der Waals surface area contributed by atoms with Crippen LogP contribution in [0.4, 0.5) is 0 Å². The summed E-state index contributed by atoms with van der Waals surface area (Å²) in [6.07, 6.45) is 2.06. The first-order valence-electron chi connectivity index (χ1n) is 9.34. The Morgan fingerprint density at radius 2 is 2.23 bits per heavy atom. The number of fused-ring (bicyclic) bond motifs is 1. The number of hydrogen-bond donors (Lipinski definition) is 2. The molecule has 1 aliphatic heterocycles. The first-order valence-corrected chi connectivity index (χ1v) is 9.34. The van der Waals surface area contributed by atoms with Crippen LogP contribution in [-0.4, -0.2) is 33.5 Å². The highest BCUT2D eigenvalue weighted by molar-refractivity contribution is 5.93. The number of aromatic nitrogens is 2. The third-order valence-electron chi connectivity index (χ3n) is 5.41. The van der Waals surface area contributed by atoms with Crippen molar-refractivity contribution in [3.05, 3.63) is 46.8 Å². The smallest absolute Gasteiger partial charge is 0.270 e. The number of ether oxygens (including phenoxy) is 1. The Morgan fingerprint density at radius 3 is 2.96 bits per heavy atom. The summed E-state index contributed by atoms with van der Waals surface area (Å²) in [5.74, 6) is 1.07. The highest BCUT2D eigenvalue weighted by Crippen LogP contribution is 2.40. The Bertz CT molecular complexity index is 824. The van der Waals surface area contributed by atoms with Crippen molar-refractivity contribution in [2.24, 2.45) is 5.92 Å². The summed E-state index contributed by atoms with van der Waals surface area (Å²) in [6.45, 7) is 5.24. The zero-order valence-electron chi connectivity index (χ0n) is 15.2. The van der Waals surface area contributed by atoms with E-state index in [1.807, 2.05) is 32.0 Å². The van der Waals surface area contributed by atoms with Crippen LogP contribution < -0.4 is 10.1 Å². The number of carbonyl (C=O) groups excluding carboxylic acids is 1. The number of aliphatic hydroxyl groups excluding tert-OH is 1. The summed E-state index contributed by atoms with van der Waals surface area (Å²) >= 11 is 0. The fourth-order valence-electron chi connectivity index (χ4n) is 3.96. The van der Waals surface area contributed by atoms with E-state index >= 15 is 0 Å². The topological polar surface area (TPSA) is 76.4 Å². The van der Waals surface area contributed by atoms with Gasteiger partial charge >= 0.3 is 0 Å². The molecule has 0 unspecified atom stereocenters. The van der Waals surface area contributed by atoms with Crippen molar-refractivity contribution in [3.8, 4) is 5.75 Å². The minimum Gasteiger partial charge on any atom is -0.493 e. The number of amides is 1. The minimum absolute atomic E-state index is 0.114. The maximum Gasteiger partial charge on any atom is 0.270 e. The molecule has 1 saturated carbocycles. The van der Waals surface area contributed by atoms with E-state index in [-0.39, 0.29) is 24.0 Å². The molecule has 2 aliphatic rings. The van der Waals surface area contributed by atoms with Gasteiger partial charge < -0.3 is 15.2 Å². The quantitative estimate of drug-likeness (QED) is 0.863. The second-order valence-corrected chi connectivity index (χ2v) is 7.29. The van der Waals surface area contributed by atoms with E-state index < -0.39 is 0 Å². The molecule has 4 rings (SSSR count). The molecule has 26 heavy (non-hydrogen) atoms. The molecule has 1 aromatic heterocycles. The molecule has 0 bridgehead atoms. The van der Waals surface area contributed by atoms with E-state index in [4.69, 9.17) is 4.74 Å². The van der Waals surface area contributed by atoms with Gasteiger partial charge in [0.25, 0.3) is 5.91 Å². The molecule has 6 heteroatoms. The summed E-state index contributed by atoms with van der Waals surface area (Å²) < 4.78 is 7.33. The largest absolute Gasteiger partial charge is 0.493 e. The van der Waals surface area contributed by atoms with E-state index in [1.165, 1.54) is 5.56 Å². The van der Waals surface area contributed by atoms with Crippen LogP contribution in [0.25, 0.3) is 0 Å². The summed E-state index contributed by atoms with van der Waals surface area (Å²) in [4.78, 5) is 12.9. The van der Waals surface area contributed by atoms with Gasteiger partial charge in [-0.3, -0.25) is 9.48 Å². The highest BCUT2D eigenvalue weighted by Gasteiger charge is 2.36. The minimum atomic E-state index is -0.263. The van der Waals surface area contributed by atoms with Crippen molar-refractivity contribution in [3.63, 3.8) is 0 Å². The second kappa shape index (κ2) is 6.76. The molecular formula is C20H25N3O3. The van der Waals surface area contributed by atoms with Crippen molar-refractivity contribution < 1.29 is 14.6 Å². The molecule has 1 fully saturated rings. The van der Waals surface area contributed by atoms with Crippen molar-refractivity contribution in [1.82, 2.24) is 15.1 Å². The molecule has 0 spiro atoms. The summed E-state index contributed by atoms with van der Waals surface area (Å²) in [5.41, 5.74) is 3.69. The van der Waals surface area contributed by atoms with E-state index in [0.29, 0.717) is 31.7 Å². The molecular weight excluding hydrogens is 330 g/mol. The molecule has 2 N–H and O–H groups in total. The molecule has 6 nitrogen and oxygen atoms in total. The van der Waals surface area contributed by atoms with Gasteiger partial charge in [0.15, 0.2) is 0 Å². The Kier molecular flexibility index (Phi) is 4.44. The monoisotopic (exact) mass is 355 g/mol. The predicted octanol–water partition coefficient (Wildman–Crippen LogP) is 2.39. The van der Waals surface area contributed by atoms with Crippen LogP contribution in [0.1, 0.15) is 53.1 Å². The first-order chi connectivity index (χ1) is 12.5. The van der Waals surface area contributed by atoms with E-state index in [0.717, 1.165) is 23.4 Å². The van der Waals surface area contributed by atoms with Crippen molar-refractivity contribution in [2.75, 3.05) is 6.61 Å². The lowest BCUT2D eigenvalue weighted by Gasteiger charge is -2.38. The molecule has 2 heterocycles. The summed E-state index contributed by atoms with van der Waals surface area (Å²) in [5, 5.41) is 17.3. The van der Waals surface area contributed by atoms with Crippen LogP contribution in [0.2, 0.25) is 0 Å². The average molecular weight is 355 g/mol. The van der Waals surface area contributed by atoms with Crippen molar-refractivity contribution in [2.45, 2.75) is 51.8 Å². The standard InChI is InChI=1S/C20H25N3O3/c1-3-23-17(8-12(2)22-23)20(25)21-19(15-10-16(24)11-15)14-4-5-18-13(9-14)6-7-26-18/h4-5,8-9,15-16,19,24H,3,6-7,10-11H2,1-2H3,(H,21,25)/t15?,16?,19-/m0/s1. The molecule has 1 amide bonds. The maximum absolute atomic E-state index is 12.9. The van der Waals surface area contributed by atoms with Gasteiger partial charge in [-0.15, -0.1) is 0 Å². The lowest BCUT2D eigenvalue weighted by Crippen LogP contribution is -2.42. The van der Waals surface area contributed by atoms with Gasteiger partial charge in [-0.25, -0.2) is 0 Å². The number of aliphatic hydroxyl groups is 1. The van der Waals surface area contributed by atoms with Gasteiger partial charge in [0.1, 0.15) is 11.4 Å².